The zero-order valence-electron chi connectivity index (χ0n) is 13.6. The van der Waals surface area contributed by atoms with Gasteiger partial charge in [-0.1, -0.05) is 12.1 Å². The lowest BCUT2D eigenvalue weighted by Crippen LogP contribution is -2.23. The van der Waals surface area contributed by atoms with E-state index in [9.17, 15) is 9.18 Å². The first-order chi connectivity index (χ1) is 12.6. The highest BCUT2D eigenvalue weighted by Crippen LogP contribution is 2.13. The molecule has 0 saturated carbocycles. The normalized spacial score (nSPS) is 10.0. The van der Waals surface area contributed by atoms with E-state index in [-0.39, 0.29) is 18.3 Å². The summed E-state index contributed by atoms with van der Waals surface area (Å²) in [4.78, 5) is 20.3. The summed E-state index contributed by atoms with van der Waals surface area (Å²) in [6, 6.07) is 14.8. The van der Waals surface area contributed by atoms with Gasteiger partial charge in [0.05, 0.1) is 17.2 Å². The highest BCUT2D eigenvalue weighted by atomic mass is 19.1. The number of carbonyl (C=O) groups is 1. The predicted octanol–water partition coefficient (Wildman–Crippen LogP) is 3.16. The summed E-state index contributed by atoms with van der Waals surface area (Å²) in [5.74, 6) is -0.303. The average molecular weight is 347 g/mol. The Kier molecular flexibility index (Phi) is 5.15. The number of halogens is 1. The Bertz CT molecular complexity index is 932. The molecule has 6 nitrogen and oxygen atoms in total. The Hall–Kier alpha value is -3.79. The number of amides is 1. The fourth-order valence-corrected chi connectivity index (χ4v) is 2.15. The Balaban J connectivity index is 1.58. The average Bonchev–Trinajstić information content (AvgIpc) is 2.68. The van der Waals surface area contributed by atoms with Crippen molar-refractivity contribution in [3.63, 3.8) is 0 Å². The molecule has 0 fully saturated rings. The van der Waals surface area contributed by atoms with E-state index in [1.54, 1.807) is 36.4 Å². The van der Waals surface area contributed by atoms with Gasteiger partial charge in [-0.05, 0) is 42.0 Å². The van der Waals surface area contributed by atoms with Gasteiger partial charge in [-0.15, -0.1) is 0 Å². The largest absolute Gasteiger partial charge is 0.348 e. The van der Waals surface area contributed by atoms with Crippen molar-refractivity contribution in [2.75, 3.05) is 5.32 Å². The molecule has 26 heavy (non-hydrogen) atoms. The van der Waals surface area contributed by atoms with Gasteiger partial charge in [-0.3, -0.25) is 4.79 Å². The maximum absolute atomic E-state index is 12.9. The number of hydrogen-bond acceptors (Lipinski definition) is 5. The van der Waals surface area contributed by atoms with Gasteiger partial charge in [0.1, 0.15) is 5.82 Å². The first-order valence-electron chi connectivity index (χ1n) is 7.76. The van der Waals surface area contributed by atoms with E-state index in [1.165, 1.54) is 24.5 Å². The number of rotatable bonds is 5. The SMILES string of the molecule is N#Cc1ccc(Nc2ncc(C(=O)NCc3ccc(F)cc3)cn2)cc1. The summed E-state index contributed by atoms with van der Waals surface area (Å²) in [6.45, 7) is 0.282. The van der Waals surface area contributed by atoms with E-state index >= 15 is 0 Å². The van der Waals surface area contributed by atoms with Crippen molar-refractivity contribution in [1.29, 1.82) is 5.26 Å². The maximum atomic E-state index is 12.9. The van der Waals surface area contributed by atoms with Gasteiger partial charge in [0, 0.05) is 24.6 Å². The van der Waals surface area contributed by atoms with Crippen LogP contribution in [0.5, 0.6) is 0 Å². The summed E-state index contributed by atoms with van der Waals surface area (Å²) >= 11 is 0. The van der Waals surface area contributed by atoms with Crippen molar-refractivity contribution in [2.45, 2.75) is 6.54 Å². The molecular formula is C19H14FN5O. The van der Waals surface area contributed by atoms with Crippen LogP contribution >= 0.6 is 0 Å². The molecule has 0 aliphatic carbocycles. The van der Waals surface area contributed by atoms with E-state index in [4.69, 9.17) is 5.26 Å². The lowest BCUT2D eigenvalue weighted by molar-refractivity contribution is 0.0950. The van der Waals surface area contributed by atoms with Crippen LogP contribution in [0.1, 0.15) is 21.5 Å². The van der Waals surface area contributed by atoms with Gasteiger partial charge in [0.2, 0.25) is 5.95 Å². The van der Waals surface area contributed by atoms with E-state index in [0.717, 1.165) is 11.3 Å². The number of anilines is 2. The maximum Gasteiger partial charge on any atom is 0.254 e. The first-order valence-corrected chi connectivity index (χ1v) is 7.76. The minimum Gasteiger partial charge on any atom is -0.348 e. The Morgan fingerprint density at radius 2 is 1.69 bits per heavy atom. The first kappa shape index (κ1) is 17.0. The predicted molar refractivity (Wildman–Crippen MR) is 94.0 cm³/mol. The van der Waals surface area contributed by atoms with Gasteiger partial charge < -0.3 is 10.6 Å². The Labute approximate surface area is 149 Å². The molecule has 3 aromatic rings. The van der Waals surface area contributed by atoms with E-state index in [1.807, 2.05) is 6.07 Å². The molecule has 0 aliphatic heterocycles. The number of nitriles is 1. The molecule has 128 valence electrons. The molecule has 1 amide bonds. The van der Waals surface area contributed by atoms with Crippen LogP contribution in [-0.2, 0) is 6.54 Å². The number of aromatic nitrogens is 2. The molecule has 0 saturated heterocycles. The van der Waals surface area contributed by atoms with Crippen molar-refractivity contribution in [3.8, 4) is 6.07 Å². The minimum atomic E-state index is -0.321. The highest BCUT2D eigenvalue weighted by molar-refractivity contribution is 5.93. The lowest BCUT2D eigenvalue weighted by atomic mass is 10.2. The van der Waals surface area contributed by atoms with E-state index in [2.05, 4.69) is 20.6 Å². The fourth-order valence-electron chi connectivity index (χ4n) is 2.15. The van der Waals surface area contributed by atoms with Crippen LogP contribution in [0.4, 0.5) is 16.0 Å². The molecule has 2 N–H and O–H groups in total. The molecule has 0 unspecified atom stereocenters. The zero-order valence-corrected chi connectivity index (χ0v) is 13.6. The Morgan fingerprint density at radius 3 is 2.31 bits per heavy atom. The van der Waals surface area contributed by atoms with Gasteiger partial charge >= 0.3 is 0 Å². The molecule has 1 heterocycles. The van der Waals surface area contributed by atoms with Crippen molar-refractivity contribution in [1.82, 2.24) is 15.3 Å². The molecular weight excluding hydrogens is 333 g/mol. The molecule has 1 aromatic heterocycles. The van der Waals surface area contributed by atoms with Crippen molar-refractivity contribution in [2.24, 2.45) is 0 Å². The van der Waals surface area contributed by atoms with Gasteiger partial charge in [0.25, 0.3) is 5.91 Å². The van der Waals surface area contributed by atoms with Crippen LogP contribution in [0.25, 0.3) is 0 Å². The number of carbonyl (C=O) groups excluding carboxylic acids is 1. The van der Waals surface area contributed by atoms with Crippen molar-refractivity contribution < 1.29 is 9.18 Å². The smallest absolute Gasteiger partial charge is 0.254 e. The van der Waals surface area contributed by atoms with Crippen molar-refractivity contribution in [3.05, 3.63) is 83.4 Å². The monoisotopic (exact) mass is 347 g/mol. The van der Waals surface area contributed by atoms with Crippen LogP contribution in [0, 0.1) is 17.1 Å². The standard InChI is InChI=1S/C19H14FN5O/c20-16-5-1-14(2-6-16)10-22-18(26)15-11-23-19(24-12-15)25-17-7-3-13(9-21)4-8-17/h1-8,11-12H,10H2,(H,22,26)(H,23,24,25). The fraction of sp³-hybridized carbons (Fsp3) is 0.0526. The van der Waals surface area contributed by atoms with E-state index < -0.39 is 0 Å². The quantitative estimate of drug-likeness (QED) is 0.740. The summed E-state index contributed by atoms with van der Waals surface area (Å²) < 4.78 is 12.9. The summed E-state index contributed by atoms with van der Waals surface area (Å²) in [6.07, 6.45) is 2.83. The second-order valence-electron chi connectivity index (χ2n) is 5.42. The van der Waals surface area contributed by atoms with Gasteiger partial charge in [-0.25, -0.2) is 14.4 Å². The third-order valence-electron chi connectivity index (χ3n) is 3.55. The van der Waals surface area contributed by atoms with E-state index in [0.29, 0.717) is 17.1 Å². The third-order valence-corrected chi connectivity index (χ3v) is 3.55. The molecule has 0 bridgehead atoms. The molecule has 0 aliphatic rings. The highest BCUT2D eigenvalue weighted by Gasteiger charge is 2.07. The second-order valence-corrected chi connectivity index (χ2v) is 5.42. The molecule has 2 aromatic carbocycles. The van der Waals surface area contributed by atoms with Gasteiger partial charge in [0.15, 0.2) is 0 Å². The molecule has 7 heteroatoms. The van der Waals surface area contributed by atoms with Crippen LogP contribution in [0.3, 0.4) is 0 Å². The number of hydrogen-bond donors (Lipinski definition) is 2. The third kappa shape index (κ3) is 4.39. The second kappa shape index (κ2) is 7.85. The van der Waals surface area contributed by atoms with Crippen LogP contribution in [0.2, 0.25) is 0 Å². The molecule has 0 spiro atoms. The molecule has 3 rings (SSSR count). The molecule has 0 radical (unpaired) electrons. The van der Waals surface area contributed by atoms with Crippen LogP contribution in [-0.4, -0.2) is 15.9 Å². The summed E-state index contributed by atoms with van der Waals surface area (Å²) in [7, 11) is 0. The summed E-state index contributed by atoms with van der Waals surface area (Å²) in [5, 5.41) is 14.5. The lowest BCUT2D eigenvalue weighted by Gasteiger charge is -2.07. The number of nitrogens with zero attached hydrogens (tertiary/aromatic N) is 3. The Morgan fingerprint density at radius 1 is 1.04 bits per heavy atom. The topological polar surface area (TPSA) is 90.7 Å². The minimum absolute atomic E-state index is 0.282. The van der Waals surface area contributed by atoms with Crippen molar-refractivity contribution >= 4 is 17.5 Å². The van der Waals surface area contributed by atoms with Crippen LogP contribution in [0.15, 0.2) is 60.9 Å². The number of benzene rings is 2. The molecule has 0 atom stereocenters. The summed E-state index contributed by atoms with van der Waals surface area (Å²) in [5.41, 5.74) is 2.40. The zero-order chi connectivity index (χ0) is 18.4. The number of nitrogens with one attached hydrogen (secondary N) is 2. The van der Waals surface area contributed by atoms with Crippen LogP contribution < -0.4 is 10.6 Å². The van der Waals surface area contributed by atoms with Gasteiger partial charge in [-0.2, -0.15) is 5.26 Å².